The van der Waals surface area contributed by atoms with E-state index in [4.69, 9.17) is 4.74 Å². The molecule has 0 aromatic heterocycles. The van der Waals surface area contributed by atoms with E-state index in [0.717, 1.165) is 0 Å². The highest BCUT2D eigenvalue weighted by Crippen LogP contribution is 2.18. The largest absolute Gasteiger partial charge is 0.496 e. The third kappa shape index (κ3) is 5.21. The van der Waals surface area contributed by atoms with Crippen molar-refractivity contribution in [1.82, 2.24) is 10.0 Å². The van der Waals surface area contributed by atoms with Gasteiger partial charge in [0, 0.05) is 12.7 Å². The Bertz CT molecular complexity index is 895. The van der Waals surface area contributed by atoms with Crippen molar-refractivity contribution in [3.05, 3.63) is 59.7 Å². The summed E-state index contributed by atoms with van der Waals surface area (Å²) < 4.78 is 31.6. The third-order valence-corrected chi connectivity index (χ3v) is 4.61. The molecule has 0 aliphatic carbocycles. The summed E-state index contributed by atoms with van der Waals surface area (Å²) in [7, 11) is -1.02. The number of methoxy groups -OCH3 is 1. The summed E-state index contributed by atoms with van der Waals surface area (Å²) in [5.74, 6) is -0.862. The van der Waals surface area contributed by atoms with Crippen molar-refractivity contribution in [3.63, 3.8) is 0 Å². The second-order valence-electron chi connectivity index (χ2n) is 5.29. The van der Waals surface area contributed by atoms with Gasteiger partial charge >= 0.3 is 6.03 Å². The summed E-state index contributed by atoms with van der Waals surface area (Å²) in [6.45, 7) is 0. The SMILES string of the molecule is CNC(=O)Nc1ccc(CS(=O)(=O)NC(=O)c2ccccc2OC)cc1. The Morgan fingerprint density at radius 2 is 1.69 bits per heavy atom. The molecule has 0 heterocycles. The standard InChI is InChI=1S/C17H19N3O5S/c1-18-17(22)19-13-9-7-12(8-10-13)11-26(23,24)20-16(21)14-5-3-4-6-15(14)25-2/h3-10H,11H2,1-2H3,(H,20,21)(H2,18,19,22). The first kappa shape index (κ1) is 19.3. The van der Waals surface area contributed by atoms with Crippen LogP contribution in [0.15, 0.2) is 48.5 Å². The number of urea groups is 1. The van der Waals surface area contributed by atoms with Crippen LogP contribution in [-0.4, -0.2) is 34.5 Å². The molecule has 0 fully saturated rings. The van der Waals surface area contributed by atoms with Gasteiger partial charge in [0.1, 0.15) is 5.75 Å². The number of hydrogen-bond donors (Lipinski definition) is 3. The molecule has 0 aliphatic heterocycles. The fraction of sp³-hybridized carbons (Fsp3) is 0.176. The molecule has 3 amide bonds. The first-order valence-corrected chi connectivity index (χ1v) is 9.25. The van der Waals surface area contributed by atoms with Crippen LogP contribution in [0, 0.1) is 0 Å². The van der Waals surface area contributed by atoms with Crippen molar-refractivity contribution >= 4 is 27.6 Å². The molecule has 2 rings (SSSR count). The van der Waals surface area contributed by atoms with Gasteiger partial charge in [0.05, 0.1) is 18.4 Å². The normalized spacial score (nSPS) is 10.7. The van der Waals surface area contributed by atoms with E-state index in [-0.39, 0.29) is 23.1 Å². The van der Waals surface area contributed by atoms with Gasteiger partial charge in [0.15, 0.2) is 0 Å². The lowest BCUT2D eigenvalue weighted by atomic mass is 10.2. The molecule has 26 heavy (non-hydrogen) atoms. The Labute approximate surface area is 151 Å². The number of anilines is 1. The van der Waals surface area contributed by atoms with E-state index in [2.05, 4.69) is 10.6 Å². The van der Waals surface area contributed by atoms with E-state index in [1.807, 2.05) is 4.72 Å². The van der Waals surface area contributed by atoms with Gasteiger partial charge in [0.25, 0.3) is 5.91 Å². The fourth-order valence-corrected chi connectivity index (χ4v) is 3.26. The number of ether oxygens (including phenoxy) is 1. The van der Waals surface area contributed by atoms with Gasteiger partial charge in [-0.05, 0) is 29.8 Å². The molecule has 0 aliphatic rings. The molecule has 0 bridgehead atoms. The smallest absolute Gasteiger partial charge is 0.318 e. The highest BCUT2D eigenvalue weighted by Gasteiger charge is 2.19. The Hall–Kier alpha value is -3.07. The minimum atomic E-state index is -3.90. The second-order valence-corrected chi connectivity index (χ2v) is 7.01. The molecule has 138 valence electrons. The fourth-order valence-electron chi connectivity index (χ4n) is 2.16. The monoisotopic (exact) mass is 377 g/mol. The van der Waals surface area contributed by atoms with Crippen molar-refractivity contribution in [3.8, 4) is 5.75 Å². The van der Waals surface area contributed by atoms with Crippen LogP contribution in [0.1, 0.15) is 15.9 Å². The Balaban J connectivity index is 2.06. The van der Waals surface area contributed by atoms with Gasteiger partial charge in [-0.15, -0.1) is 0 Å². The lowest BCUT2D eigenvalue weighted by molar-refractivity contribution is 0.0978. The first-order valence-electron chi connectivity index (χ1n) is 7.60. The maximum Gasteiger partial charge on any atom is 0.318 e. The van der Waals surface area contributed by atoms with Crippen molar-refractivity contribution in [2.75, 3.05) is 19.5 Å². The number of amides is 3. The second kappa shape index (κ2) is 8.34. The zero-order chi connectivity index (χ0) is 19.2. The van der Waals surface area contributed by atoms with Crippen LogP contribution in [0.4, 0.5) is 10.5 Å². The topological polar surface area (TPSA) is 114 Å². The quantitative estimate of drug-likeness (QED) is 0.709. The molecular weight excluding hydrogens is 358 g/mol. The van der Waals surface area contributed by atoms with Crippen molar-refractivity contribution in [1.29, 1.82) is 0 Å². The number of nitrogens with one attached hydrogen (secondary N) is 3. The lowest BCUT2D eigenvalue weighted by Gasteiger charge is -2.10. The Morgan fingerprint density at radius 3 is 2.31 bits per heavy atom. The highest BCUT2D eigenvalue weighted by molar-refractivity contribution is 7.89. The maximum absolute atomic E-state index is 12.2. The molecule has 2 aromatic rings. The van der Waals surface area contributed by atoms with Gasteiger partial charge in [-0.25, -0.2) is 17.9 Å². The molecule has 0 saturated heterocycles. The number of rotatable bonds is 6. The third-order valence-electron chi connectivity index (χ3n) is 3.40. The van der Waals surface area contributed by atoms with E-state index < -0.39 is 15.9 Å². The molecule has 0 unspecified atom stereocenters. The van der Waals surface area contributed by atoms with E-state index in [0.29, 0.717) is 11.3 Å². The van der Waals surface area contributed by atoms with Gasteiger partial charge in [-0.1, -0.05) is 24.3 Å². The summed E-state index contributed by atoms with van der Waals surface area (Å²) in [6, 6.07) is 12.2. The summed E-state index contributed by atoms with van der Waals surface area (Å²) in [5.41, 5.74) is 1.11. The molecule has 9 heteroatoms. The Morgan fingerprint density at radius 1 is 1.04 bits per heavy atom. The zero-order valence-corrected chi connectivity index (χ0v) is 15.1. The van der Waals surface area contributed by atoms with E-state index in [1.165, 1.54) is 20.2 Å². The van der Waals surface area contributed by atoms with Gasteiger partial charge < -0.3 is 15.4 Å². The summed E-state index contributed by atoms with van der Waals surface area (Å²) in [6.07, 6.45) is 0. The Kier molecular flexibility index (Phi) is 6.18. The molecular formula is C17H19N3O5S. The van der Waals surface area contributed by atoms with Crippen LogP contribution in [0.2, 0.25) is 0 Å². The molecule has 0 spiro atoms. The number of carbonyl (C=O) groups excluding carboxylic acids is 2. The number of carbonyl (C=O) groups is 2. The van der Waals surface area contributed by atoms with Crippen LogP contribution in [0.5, 0.6) is 5.75 Å². The summed E-state index contributed by atoms with van der Waals surface area (Å²) in [4.78, 5) is 23.4. The van der Waals surface area contributed by atoms with Gasteiger partial charge in [-0.3, -0.25) is 4.79 Å². The average molecular weight is 377 g/mol. The van der Waals surface area contributed by atoms with Gasteiger partial charge in [0.2, 0.25) is 10.0 Å². The molecule has 8 nitrogen and oxygen atoms in total. The van der Waals surface area contributed by atoms with Crippen LogP contribution in [0.25, 0.3) is 0 Å². The van der Waals surface area contributed by atoms with Crippen LogP contribution >= 0.6 is 0 Å². The number of para-hydroxylation sites is 1. The number of sulfonamides is 1. The molecule has 0 radical (unpaired) electrons. The minimum absolute atomic E-state index is 0.128. The number of hydrogen-bond acceptors (Lipinski definition) is 5. The summed E-state index contributed by atoms with van der Waals surface area (Å²) in [5, 5.41) is 4.97. The highest BCUT2D eigenvalue weighted by atomic mass is 32.2. The van der Waals surface area contributed by atoms with Crippen molar-refractivity contribution < 1.29 is 22.7 Å². The van der Waals surface area contributed by atoms with Crippen LogP contribution in [-0.2, 0) is 15.8 Å². The van der Waals surface area contributed by atoms with E-state index >= 15 is 0 Å². The lowest BCUT2D eigenvalue weighted by Crippen LogP contribution is -2.31. The predicted octanol–water partition coefficient (Wildman–Crippen LogP) is 1.71. The molecule has 0 saturated carbocycles. The minimum Gasteiger partial charge on any atom is -0.496 e. The predicted molar refractivity (Wildman–Crippen MR) is 97.6 cm³/mol. The van der Waals surface area contributed by atoms with Crippen LogP contribution in [0.3, 0.4) is 0 Å². The van der Waals surface area contributed by atoms with Gasteiger partial charge in [-0.2, -0.15) is 0 Å². The summed E-state index contributed by atoms with van der Waals surface area (Å²) >= 11 is 0. The van der Waals surface area contributed by atoms with E-state index in [1.54, 1.807) is 42.5 Å². The van der Waals surface area contributed by atoms with Crippen molar-refractivity contribution in [2.45, 2.75) is 5.75 Å². The van der Waals surface area contributed by atoms with E-state index in [9.17, 15) is 18.0 Å². The van der Waals surface area contributed by atoms with Crippen molar-refractivity contribution in [2.24, 2.45) is 0 Å². The molecule has 2 aromatic carbocycles. The maximum atomic E-state index is 12.2. The average Bonchev–Trinajstić information content (AvgIpc) is 2.62. The molecule has 0 atom stereocenters. The molecule has 3 N–H and O–H groups in total. The zero-order valence-electron chi connectivity index (χ0n) is 14.3. The first-order chi connectivity index (χ1) is 12.3. The number of benzene rings is 2. The van der Waals surface area contributed by atoms with Crippen LogP contribution < -0.4 is 20.1 Å².